The molecule has 1 aromatic carbocycles. The van der Waals surface area contributed by atoms with Crippen LogP contribution in [0.15, 0.2) is 24.3 Å². The van der Waals surface area contributed by atoms with Crippen LogP contribution in [0.3, 0.4) is 0 Å². The Kier molecular flexibility index (Phi) is 4.68. The van der Waals surface area contributed by atoms with Gasteiger partial charge >= 0.3 is 5.97 Å². The molecule has 0 saturated carbocycles. The molecule has 0 fully saturated rings. The first-order chi connectivity index (χ1) is 7.43. The maximum absolute atomic E-state index is 11.9. The summed E-state index contributed by atoms with van der Waals surface area (Å²) < 4.78 is 0. The van der Waals surface area contributed by atoms with E-state index < -0.39 is 15.6 Å². The topological polar surface area (TPSA) is 54.4 Å². The van der Waals surface area contributed by atoms with E-state index in [0.717, 1.165) is 5.56 Å². The Morgan fingerprint density at radius 1 is 1.12 bits per heavy atom. The van der Waals surface area contributed by atoms with Gasteiger partial charge in [-0.3, -0.25) is 9.59 Å². The molecule has 0 amide bonds. The fourth-order valence-electron chi connectivity index (χ4n) is 1.14. The van der Waals surface area contributed by atoms with Gasteiger partial charge in [-0.2, -0.15) is 0 Å². The number of benzene rings is 1. The Morgan fingerprint density at radius 2 is 1.62 bits per heavy atom. The Bertz CT molecular complexity index is 400. The van der Waals surface area contributed by atoms with Gasteiger partial charge in [-0.15, -0.1) is 0 Å². The minimum atomic E-state index is -1.07. The minimum absolute atomic E-state index is 0.246. The lowest BCUT2D eigenvalue weighted by Crippen LogP contribution is -2.30. The number of carboxylic acid groups (broad SMARTS) is 1. The van der Waals surface area contributed by atoms with E-state index in [1.165, 1.54) is 0 Å². The number of hydrogen-bond donors (Lipinski definition) is 1. The van der Waals surface area contributed by atoms with Crippen molar-refractivity contribution in [2.24, 2.45) is 0 Å². The molecule has 0 unspecified atom stereocenters. The molecule has 0 spiro atoms. The van der Waals surface area contributed by atoms with Crippen LogP contribution in [0, 0.1) is 6.92 Å². The molecule has 0 aliphatic heterocycles. The number of carboxylic acids is 1. The van der Waals surface area contributed by atoms with Gasteiger partial charge in [0.1, 0.15) is 9.65 Å². The molecule has 86 valence electrons. The predicted molar refractivity (Wildman–Crippen MR) is 68.6 cm³/mol. The highest BCUT2D eigenvalue weighted by Crippen LogP contribution is 2.20. The second-order valence-electron chi connectivity index (χ2n) is 3.37. The highest BCUT2D eigenvalue weighted by molar-refractivity contribution is 9.12. The summed E-state index contributed by atoms with van der Waals surface area (Å²) >= 11 is 6.04. The number of carbonyl (C=O) groups is 2. The molecule has 0 aliphatic carbocycles. The van der Waals surface area contributed by atoms with Crippen molar-refractivity contribution in [3.8, 4) is 0 Å². The molecule has 0 radical (unpaired) electrons. The van der Waals surface area contributed by atoms with E-state index in [0.29, 0.717) is 5.56 Å². The molecular weight excluding hydrogens is 340 g/mol. The fraction of sp³-hybridized carbons (Fsp3) is 0.273. The number of ketones is 1. The van der Waals surface area contributed by atoms with Crippen molar-refractivity contribution in [2.75, 3.05) is 0 Å². The van der Waals surface area contributed by atoms with E-state index in [1.54, 1.807) is 12.1 Å². The zero-order valence-electron chi connectivity index (χ0n) is 8.48. The molecule has 0 aliphatic rings. The highest BCUT2D eigenvalue weighted by atomic mass is 79.9. The van der Waals surface area contributed by atoms with Gasteiger partial charge in [0.2, 0.25) is 0 Å². The molecular formula is C11H10Br2O3. The first-order valence-electron chi connectivity index (χ1n) is 4.55. The van der Waals surface area contributed by atoms with Gasteiger partial charge in [0.25, 0.3) is 0 Å². The molecule has 2 atom stereocenters. The SMILES string of the molecule is Cc1ccc(C(=O)[C@@H](Br)[C@@H](Br)C(=O)O)cc1. The lowest BCUT2D eigenvalue weighted by atomic mass is 10.1. The Hall–Kier alpha value is -0.680. The Morgan fingerprint density at radius 3 is 2.06 bits per heavy atom. The van der Waals surface area contributed by atoms with Crippen molar-refractivity contribution < 1.29 is 14.7 Å². The molecule has 1 N–H and O–H groups in total. The van der Waals surface area contributed by atoms with E-state index in [4.69, 9.17) is 5.11 Å². The Balaban J connectivity index is 2.86. The average molecular weight is 350 g/mol. The zero-order chi connectivity index (χ0) is 12.3. The first-order valence-corrected chi connectivity index (χ1v) is 6.38. The maximum Gasteiger partial charge on any atom is 0.318 e. The van der Waals surface area contributed by atoms with Crippen molar-refractivity contribution in [3.05, 3.63) is 35.4 Å². The molecule has 0 aromatic heterocycles. The third kappa shape index (κ3) is 3.15. The summed E-state index contributed by atoms with van der Waals surface area (Å²) in [5, 5.41) is 8.76. The second kappa shape index (κ2) is 5.59. The number of carbonyl (C=O) groups excluding carboxylic acids is 1. The number of hydrogen-bond acceptors (Lipinski definition) is 2. The maximum atomic E-state index is 11.9. The third-order valence-electron chi connectivity index (χ3n) is 2.08. The van der Waals surface area contributed by atoms with Crippen LogP contribution in [-0.4, -0.2) is 26.5 Å². The number of aliphatic carboxylic acids is 1. The van der Waals surface area contributed by atoms with Crippen LogP contribution in [0.1, 0.15) is 15.9 Å². The van der Waals surface area contributed by atoms with Gasteiger partial charge in [-0.25, -0.2) is 0 Å². The largest absolute Gasteiger partial charge is 0.480 e. The van der Waals surface area contributed by atoms with Gasteiger partial charge in [0.05, 0.1) is 0 Å². The molecule has 16 heavy (non-hydrogen) atoms. The predicted octanol–water partition coefficient (Wildman–Crippen LogP) is 2.79. The standard InChI is InChI=1S/C11H10Br2O3/c1-6-2-4-7(5-3-6)10(14)8(12)9(13)11(15)16/h2-5,8-9H,1H3,(H,15,16)/t8-,9+/m0/s1. The lowest BCUT2D eigenvalue weighted by Gasteiger charge is -2.11. The van der Waals surface area contributed by atoms with E-state index in [1.807, 2.05) is 19.1 Å². The van der Waals surface area contributed by atoms with Crippen molar-refractivity contribution >= 4 is 43.6 Å². The van der Waals surface area contributed by atoms with Gasteiger partial charge in [0, 0.05) is 5.56 Å². The van der Waals surface area contributed by atoms with Crippen LogP contribution in [0.5, 0.6) is 0 Å². The zero-order valence-corrected chi connectivity index (χ0v) is 11.7. The quantitative estimate of drug-likeness (QED) is 0.671. The summed E-state index contributed by atoms with van der Waals surface area (Å²) in [6, 6.07) is 7.01. The van der Waals surface area contributed by atoms with Crippen LogP contribution in [0.2, 0.25) is 0 Å². The van der Waals surface area contributed by atoms with Gasteiger partial charge in [-0.05, 0) is 6.92 Å². The highest BCUT2D eigenvalue weighted by Gasteiger charge is 2.29. The summed E-state index contributed by atoms with van der Waals surface area (Å²) in [7, 11) is 0. The average Bonchev–Trinajstić information content (AvgIpc) is 2.27. The number of alkyl halides is 2. The second-order valence-corrected chi connectivity index (χ2v) is 5.35. The van der Waals surface area contributed by atoms with E-state index >= 15 is 0 Å². The van der Waals surface area contributed by atoms with Gasteiger partial charge in [-0.1, -0.05) is 61.7 Å². The van der Waals surface area contributed by atoms with E-state index in [-0.39, 0.29) is 5.78 Å². The summed E-state index contributed by atoms with van der Waals surface area (Å²) in [4.78, 5) is 20.9. The molecule has 5 heteroatoms. The number of halogens is 2. The minimum Gasteiger partial charge on any atom is -0.480 e. The summed E-state index contributed by atoms with van der Waals surface area (Å²) in [5.41, 5.74) is 1.55. The molecule has 0 bridgehead atoms. The number of rotatable bonds is 4. The summed E-state index contributed by atoms with van der Waals surface area (Å²) in [6.45, 7) is 1.92. The monoisotopic (exact) mass is 348 g/mol. The summed E-state index contributed by atoms with van der Waals surface area (Å²) in [6.07, 6.45) is 0. The van der Waals surface area contributed by atoms with E-state index in [9.17, 15) is 9.59 Å². The molecule has 0 saturated heterocycles. The van der Waals surface area contributed by atoms with Crippen molar-refractivity contribution in [2.45, 2.75) is 16.6 Å². The molecule has 3 nitrogen and oxygen atoms in total. The molecule has 1 rings (SSSR count). The Labute approximate surface area is 110 Å². The molecule has 0 heterocycles. The van der Waals surface area contributed by atoms with Crippen LogP contribution in [0.4, 0.5) is 0 Å². The van der Waals surface area contributed by atoms with Gasteiger partial charge < -0.3 is 5.11 Å². The number of Topliss-reactive ketones (excluding diaryl/α,β-unsaturated/α-hetero) is 1. The first kappa shape index (κ1) is 13.4. The smallest absolute Gasteiger partial charge is 0.318 e. The molecule has 1 aromatic rings. The van der Waals surface area contributed by atoms with Crippen molar-refractivity contribution in [1.29, 1.82) is 0 Å². The van der Waals surface area contributed by atoms with Crippen LogP contribution < -0.4 is 0 Å². The van der Waals surface area contributed by atoms with Crippen molar-refractivity contribution in [3.63, 3.8) is 0 Å². The lowest BCUT2D eigenvalue weighted by molar-refractivity contribution is -0.136. The third-order valence-corrected chi connectivity index (χ3v) is 4.65. The van der Waals surface area contributed by atoms with E-state index in [2.05, 4.69) is 31.9 Å². The van der Waals surface area contributed by atoms with Gasteiger partial charge in [0.15, 0.2) is 5.78 Å². The summed E-state index contributed by atoms with van der Waals surface area (Å²) in [5.74, 6) is -1.31. The van der Waals surface area contributed by atoms with Crippen LogP contribution in [-0.2, 0) is 4.79 Å². The van der Waals surface area contributed by atoms with Crippen molar-refractivity contribution in [1.82, 2.24) is 0 Å². The normalized spacial score (nSPS) is 14.2. The van der Waals surface area contributed by atoms with Crippen LogP contribution in [0.25, 0.3) is 0 Å². The number of aryl methyl sites for hydroxylation is 1. The fourth-order valence-corrected chi connectivity index (χ4v) is 1.87. The van der Waals surface area contributed by atoms with Crippen LogP contribution >= 0.6 is 31.9 Å².